The Morgan fingerprint density at radius 1 is 1.00 bits per heavy atom. The third-order valence-electron chi connectivity index (χ3n) is 3.56. The van der Waals surface area contributed by atoms with Crippen LogP contribution < -0.4 is 0 Å². The Morgan fingerprint density at radius 3 is 2.25 bits per heavy atom. The summed E-state index contributed by atoms with van der Waals surface area (Å²) in [4.78, 5) is 0. The summed E-state index contributed by atoms with van der Waals surface area (Å²) < 4.78 is 0. The first-order valence-corrected chi connectivity index (χ1v) is 5.53. The summed E-state index contributed by atoms with van der Waals surface area (Å²) >= 11 is 6.04. The number of hydrogen-bond donors (Lipinski definition) is 1. The molecular formula is C10H17ClO. The van der Waals surface area contributed by atoms with Crippen molar-refractivity contribution in [1.82, 2.24) is 0 Å². The second-order valence-corrected chi connectivity index (χ2v) is 4.92. The second-order valence-electron chi connectivity index (χ2n) is 4.36. The molecule has 2 rings (SSSR count). The van der Waals surface area contributed by atoms with Crippen molar-refractivity contribution >= 4 is 11.6 Å². The maximum absolute atomic E-state index is 9.58. The largest absolute Gasteiger partial charge is 0.392 e. The van der Waals surface area contributed by atoms with Crippen LogP contribution in [-0.4, -0.2) is 16.6 Å². The summed E-state index contributed by atoms with van der Waals surface area (Å²) in [5, 5.41) is 9.62. The number of alkyl halides is 1. The number of halogens is 1. The van der Waals surface area contributed by atoms with Gasteiger partial charge in [0.1, 0.15) is 0 Å². The second kappa shape index (κ2) is 3.55. The molecule has 0 spiro atoms. The van der Waals surface area contributed by atoms with E-state index in [0.29, 0.717) is 0 Å². The van der Waals surface area contributed by atoms with Crippen LogP contribution in [0.15, 0.2) is 0 Å². The number of aliphatic hydroxyl groups is 1. The van der Waals surface area contributed by atoms with Crippen LogP contribution in [0.1, 0.15) is 38.5 Å². The van der Waals surface area contributed by atoms with Gasteiger partial charge in [0.15, 0.2) is 0 Å². The highest BCUT2D eigenvalue weighted by atomic mass is 35.5. The molecule has 0 aromatic heterocycles. The topological polar surface area (TPSA) is 20.2 Å². The lowest BCUT2D eigenvalue weighted by molar-refractivity contribution is 0.0529. The number of aliphatic hydroxyl groups excluding tert-OH is 1. The van der Waals surface area contributed by atoms with Gasteiger partial charge in [0.05, 0.1) is 11.5 Å². The standard InChI is InChI=1S/C10H17ClO/c11-9-5-7-3-1-2-4-8(7)6-10(9)12/h7-10,12H,1-6H2/t7-,8+,9+,10-/m1/s1. The third-order valence-corrected chi connectivity index (χ3v) is 4.03. The Kier molecular flexibility index (Phi) is 2.61. The molecule has 2 heteroatoms. The molecule has 0 heterocycles. The van der Waals surface area contributed by atoms with Crippen molar-refractivity contribution in [1.29, 1.82) is 0 Å². The first kappa shape index (κ1) is 8.83. The van der Waals surface area contributed by atoms with Crippen LogP contribution in [0.2, 0.25) is 0 Å². The lowest BCUT2D eigenvalue weighted by Gasteiger charge is -2.39. The summed E-state index contributed by atoms with van der Waals surface area (Å²) in [5.41, 5.74) is 0. The van der Waals surface area contributed by atoms with E-state index < -0.39 is 0 Å². The maximum Gasteiger partial charge on any atom is 0.0706 e. The Labute approximate surface area is 79.1 Å². The molecule has 2 aliphatic rings. The first-order valence-electron chi connectivity index (χ1n) is 5.09. The molecule has 0 amide bonds. The van der Waals surface area contributed by atoms with E-state index in [1.165, 1.54) is 25.7 Å². The van der Waals surface area contributed by atoms with E-state index in [0.717, 1.165) is 24.7 Å². The smallest absolute Gasteiger partial charge is 0.0706 e. The van der Waals surface area contributed by atoms with Crippen LogP contribution in [0.3, 0.4) is 0 Å². The van der Waals surface area contributed by atoms with E-state index in [-0.39, 0.29) is 11.5 Å². The summed E-state index contributed by atoms with van der Waals surface area (Å²) in [6.45, 7) is 0. The van der Waals surface area contributed by atoms with Gasteiger partial charge in [-0.2, -0.15) is 0 Å². The Morgan fingerprint density at radius 2 is 1.58 bits per heavy atom. The molecule has 1 nitrogen and oxygen atoms in total. The van der Waals surface area contributed by atoms with E-state index in [9.17, 15) is 5.11 Å². The molecule has 0 saturated heterocycles. The molecule has 2 fully saturated rings. The zero-order valence-electron chi connectivity index (χ0n) is 7.38. The van der Waals surface area contributed by atoms with Crippen molar-refractivity contribution in [2.45, 2.75) is 50.0 Å². The van der Waals surface area contributed by atoms with Crippen molar-refractivity contribution in [3.05, 3.63) is 0 Å². The average molecular weight is 189 g/mol. The molecule has 0 radical (unpaired) electrons. The predicted molar refractivity (Wildman–Crippen MR) is 50.3 cm³/mol. The number of fused-ring (bicyclic) bond motifs is 1. The van der Waals surface area contributed by atoms with E-state index in [4.69, 9.17) is 11.6 Å². The quantitative estimate of drug-likeness (QED) is 0.580. The molecule has 0 unspecified atom stereocenters. The Hall–Kier alpha value is 0.250. The molecule has 2 saturated carbocycles. The van der Waals surface area contributed by atoms with Gasteiger partial charge in [-0.3, -0.25) is 0 Å². The zero-order valence-corrected chi connectivity index (χ0v) is 8.13. The van der Waals surface area contributed by atoms with Gasteiger partial charge in [0, 0.05) is 0 Å². The van der Waals surface area contributed by atoms with Crippen molar-refractivity contribution in [3.8, 4) is 0 Å². The molecule has 0 aromatic rings. The van der Waals surface area contributed by atoms with Crippen LogP contribution >= 0.6 is 11.6 Å². The molecular weight excluding hydrogens is 172 g/mol. The van der Waals surface area contributed by atoms with Gasteiger partial charge in [-0.05, 0) is 24.7 Å². The molecule has 4 atom stereocenters. The maximum atomic E-state index is 9.58. The van der Waals surface area contributed by atoms with Gasteiger partial charge in [0.2, 0.25) is 0 Å². The average Bonchev–Trinajstić information content (AvgIpc) is 2.07. The Balaban J connectivity index is 1.98. The fraction of sp³-hybridized carbons (Fsp3) is 1.00. The molecule has 70 valence electrons. The van der Waals surface area contributed by atoms with Gasteiger partial charge in [0.25, 0.3) is 0 Å². The van der Waals surface area contributed by atoms with Crippen LogP contribution in [0.4, 0.5) is 0 Å². The van der Waals surface area contributed by atoms with E-state index in [1.54, 1.807) is 0 Å². The minimum absolute atomic E-state index is 0.0318. The highest BCUT2D eigenvalue weighted by Crippen LogP contribution is 2.41. The minimum atomic E-state index is -0.231. The van der Waals surface area contributed by atoms with Crippen molar-refractivity contribution in [3.63, 3.8) is 0 Å². The molecule has 2 aliphatic carbocycles. The summed E-state index contributed by atoms with van der Waals surface area (Å²) in [5.74, 6) is 1.60. The molecule has 12 heavy (non-hydrogen) atoms. The minimum Gasteiger partial charge on any atom is -0.392 e. The molecule has 0 bridgehead atoms. The SMILES string of the molecule is O[C@@H]1C[C@@H]2CCCC[C@@H]2C[C@@H]1Cl. The summed E-state index contributed by atoms with van der Waals surface area (Å²) in [6.07, 6.45) is 7.19. The van der Waals surface area contributed by atoms with Gasteiger partial charge in [-0.1, -0.05) is 25.7 Å². The fourth-order valence-electron chi connectivity index (χ4n) is 2.81. The highest BCUT2D eigenvalue weighted by Gasteiger charge is 2.36. The van der Waals surface area contributed by atoms with Crippen molar-refractivity contribution < 1.29 is 5.11 Å². The number of rotatable bonds is 0. The Bertz CT molecular complexity index is 142. The van der Waals surface area contributed by atoms with Gasteiger partial charge in [-0.15, -0.1) is 11.6 Å². The zero-order chi connectivity index (χ0) is 8.55. The molecule has 1 N–H and O–H groups in total. The van der Waals surface area contributed by atoms with E-state index in [1.807, 2.05) is 0 Å². The van der Waals surface area contributed by atoms with E-state index >= 15 is 0 Å². The molecule has 0 aliphatic heterocycles. The first-order chi connectivity index (χ1) is 5.77. The van der Waals surface area contributed by atoms with Crippen LogP contribution in [-0.2, 0) is 0 Å². The fourth-order valence-corrected chi connectivity index (χ4v) is 3.14. The predicted octanol–water partition coefficient (Wildman–Crippen LogP) is 2.55. The van der Waals surface area contributed by atoms with Crippen molar-refractivity contribution in [2.75, 3.05) is 0 Å². The monoisotopic (exact) mass is 188 g/mol. The van der Waals surface area contributed by atoms with Gasteiger partial charge < -0.3 is 5.11 Å². The van der Waals surface area contributed by atoms with Gasteiger partial charge in [-0.25, -0.2) is 0 Å². The third kappa shape index (κ3) is 1.62. The molecule has 0 aromatic carbocycles. The van der Waals surface area contributed by atoms with E-state index in [2.05, 4.69) is 0 Å². The number of hydrogen-bond acceptors (Lipinski definition) is 1. The lowest BCUT2D eigenvalue weighted by atomic mass is 9.70. The van der Waals surface area contributed by atoms with Crippen molar-refractivity contribution in [2.24, 2.45) is 11.8 Å². The van der Waals surface area contributed by atoms with Crippen LogP contribution in [0.5, 0.6) is 0 Å². The lowest BCUT2D eigenvalue weighted by Crippen LogP contribution is -2.37. The summed E-state index contributed by atoms with van der Waals surface area (Å²) in [6, 6.07) is 0. The van der Waals surface area contributed by atoms with Crippen LogP contribution in [0.25, 0.3) is 0 Å². The highest BCUT2D eigenvalue weighted by molar-refractivity contribution is 6.21. The summed E-state index contributed by atoms with van der Waals surface area (Å²) in [7, 11) is 0. The normalized spacial score (nSPS) is 48.5. The van der Waals surface area contributed by atoms with Gasteiger partial charge >= 0.3 is 0 Å². The van der Waals surface area contributed by atoms with Crippen LogP contribution in [0, 0.1) is 11.8 Å².